The Morgan fingerprint density at radius 2 is 1.44 bits per heavy atom. The lowest BCUT2D eigenvalue weighted by atomic mass is 10.0. The van der Waals surface area contributed by atoms with Gasteiger partial charge in [0.15, 0.2) is 0 Å². The van der Waals surface area contributed by atoms with Crippen molar-refractivity contribution in [3.8, 4) is 0 Å². The monoisotopic (exact) mass is 621 g/mol. The quantitative estimate of drug-likeness (QED) is 0.203. The van der Waals surface area contributed by atoms with Crippen LogP contribution in [0.5, 0.6) is 0 Å². The Morgan fingerprint density at radius 1 is 0.837 bits per heavy atom. The van der Waals surface area contributed by atoms with Gasteiger partial charge in [0.2, 0.25) is 11.8 Å². The van der Waals surface area contributed by atoms with Crippen LogP contribution in [0.3, 0.4) is 0 Å². The summed E-state index contributed by atoms with van der Waals surface area (Å²) in [5, 5.41) is 3.29. The molecule has 0 fully saturated rings. The number of hydrogen-bond acceptors (Lipinski definition) is 4. The molecule has 0 spiro atoms. The minimum Gasteiger partial charge on any atom is -0.354 e. The number of anilines is 1. The van der Waals surface area contributed by atoms with Gasteiger partial charge in [-0.3, -0.25) is 13.9 Å². The van der Waals surface area contributed by atoms with E-state index in [0.29, 0.717) is 23.6 Å². The van der Waals surface area contributed by atoms with Crippen LogP contribution < -0.4 is 9.62 Å². The average molecular weight is 622 g/mol. The zero-order valence-electron chi connectivity index (χ0n) is 23.7. The first-order valence-corrected chi connectivity index (χ1v) is 15.7. The van der Waals surface area contributed by atoms with Gasteiger partial charge in [0, 0.05) is 24.5 Å². The van der Waals surface area contributed by atoms with Crippen molar-refractivity contribution in [3.63, 3.8) is 0 Å². The van der Waals surface area contributed by atoms with E-state index in [1.165, 1.54) is 53.4 Å². The number of sulfonamides is 1. The minimum atomic E-state index is -4.20. The zero-order valence-corrected chi connectivity index (χ0v) is 25.3. The van der Waals surface area contributed by atoms with Crippen molar-refractivity contribution in [1.29, 1.82) is 0 Å². The summed E-state index contributed by atoms with van der Waals surface area (Å²) in [6.45, 7) is 1.69. The highest BCUT2D eigenvalue weighted by molar-refractivity contribution is 7.92. The average Bonchev–Trinajstić information content (AvgIpc) is 3.02. The van der Waals surface area contributed by atoms with Gasteiger partial charge in [0.25, 0.3) is 10.0 Å². The van der Waals surface area contributed by atoms with Crippen LogP contribution in [-0.2, 0) is 32.6 Å². The molecule has 0 heterocycles. The van der Waals surface area contributed by atoms with Crippen LogP contribution in [0.15, 0.2) is 114 Å². The van der Waals surface area contributed by atoms with Crippen LogP contribution in [0.4, 0.5) is 10.1 Å². The highest BCUT2D eigenvalue weighted by Crippen LogP contribution is 2.26. The molecule has 4 rings (SSSR count). The number of halogens is 2. The molecular formula is C33H33ClFN3O4S. The molecule has 0 saturated carbocycles. The number of carbonyl (C=O) groups excluding carboxylic acids is 2. The molecule has 1 atom stereocenters. The SMILES string of the molecule is CCCNC(=O)C(Cc1ccccc1)N(Cc1ccc(F)cc1)C(=O)CN(c1ccc(Cl)cc1)S(=O)(=O)c1ccccc1. The molecule has 10 heteroatoms. The highest BCUT2D eigenvalue weighted by atomic mass is 35.5. The van der Waals surface area contributed by atoms with E-state index in [0.717, 1.165) is 9.87 Å². The Bertz CT molecular complexity index is 1600. The summed E-state index contributed by atoms with van der Waals surface area (Å²) in [4.78, 5) is 29.3. The summed E-state index contributed by atoms with van der Waals surface area (Å²) in [5.74, 6) is -1.41. The molecule has 43 heavy (non-hydrogen) atoms. The Balaban J connectivity index is 1.78. The van der Waals surface area contributed by atoms with E-state index in [4.69, 9.17) is 11.6 Å². The molecule has 0 aliphatic rings. The van der Waals surface area contributed by atoms with Gasteiger partial charge < -0.3 is 10.2 Å². The van der Waals surface area contributed by atoms with E-state index in [9.17, 15) is 22.4 Å². The predicted molar refractivity (Wildman–Crippen MR) is 167 cm³/mol. The summed E-state index contributed by atoms with van der Waals surface area (Å²) in [6.07, 6.45) is 0.880. The van der Waals surface area contributed by atoms with Crippen LogP contribution in [0, 0.1) is 5.82 Å². The molecule has 1 unspecified atom stereocenters. The van der Waals surface area contributed by atoms with Gasteiger partial charge in [-0.2, -0.15) is 0 Å². The Morgan fingerprint density at radius 3 is 2.05 bits per heavy atom. The third-order valence-electron chi connectivity index (χ3n) is 6.81. The number of hydrogen-bond donors (Lipinski definition) is 1. The van der Waals surface area contributed by atoms with Crippen molar-refractivity contribution < 1.29 is 22.4 Å². The van der Waals surface area contributed by atoms with E-state index >= 15 is 0 Å². The fourth-order valence-corrected chi connectivity index (χ4v) is 6.12. The lowest BCUT2D eigenvalue weighted by molar-refractivity contribution is -0.140. The third kappa shape index (κ3) is 8.43. The Labute approximate surface area is 257 Å². The Hall–Kier alpha value is -4.21. The normalized spacial score (nSPS) is 11.9. The molecule has 7 nitrogen and oxygen atoms in total. The summed E-state index contributed by atoms with van der Waals surface area (Å²) in [5.41, 5.74) is 1.64. The molecule has 4 aromatic carbocycles. The van der Waals surface area contributed by atoms with Crippen LogP contribution >= 0.6 is 11.6 Å². The number of rotatable bonds is 13. The number of amides is 2. The maximum Gasteiger partial charge on any atom is 0.264 e. The van der Waals surface area contributed by atoms with Crippen LogP contribution in [0.2, 0.25) is 5.02 Å². The smallest absolute Gasteiger partial charge is 0.264 e. The van der Waals surface area contributed by atoms with Crippen molar-refractivity contribution in [2.45, 2.75) is 37.2 Å². The minimum absolute atomic E-state index is 0.00404. The lowest BCUT2D eigenvalue weighted by Crippen LogP contribution is -2.53. The highest BCUT2D eigenvalue weighted by Gasteiger charge is 2.34. The zero-order chi connectivity index (χ0) is 30.8. The molecular weight excluding hydrogens is 589 g/mol. The van der Waals surface area contributed by atoms with Gasteiger partial charge in [-0.15, -0.1) is 0 Å². The predicted octanol–water partition coefficient (Wildman–Crippen LogP) is 5.84. The maximum atomic E-state index is 14.3. The molecule has 2 amide bonds. The summed E-state index contributed by atoms with van der Waals surface area (Å²) < 4.78 is 42.6. The second-order valence-corrected chi connectivity index (χ2v) is 12.2. The fraction of sp³-hybridized carbons (Fsp3) is 0.212. The third-order valence-corrected chi connectivity index (χ3v) is 8.85. The van der Waals surface area contributed by atoms with Gasteiger partial charge in [-0.05, 0) is 66.1 Å². The molecule has 0 aliphatic heterocycles. The summed E-state index contributed by atoms with van der Waals surface area (Å²) in [6, 6.07) is 27.9. The first-order valence-electron chi connectivity index (χ1n) is 13.9. The first-order chi connectivity index (χ1) is 20.7. The molecule has 4 aromatic rings. The first kappa shape index (κ1) is 31.7. The number of nitrogens with one attached hydrogen (secondary N) is 1. The standard InChI is InChI=1S/C33H33ClFN3O4S/c1-2-21-36-33(40)31(22-25-9-5-3-6-10-25)37(23-26-13-17-28(35)18-14-26)32(39)24-38(29-19-15-27(34)16-20-29)43(41,42)30-11-7-4-8-12-30/h3-20,31H,2,21-24H2,1H3,(H,36,40). The molecule has 0 radical (unpaired) electrons. The number of benzene rings is 4. The Kier molecular flexibility index (Phi) is 10.9. The van der Waals surface area contributed by atoms with E-state index in [-0.39, 0.29) is 29.5 Å². The van der Waals surface area contributed by atoms with E-state index in [1.807, 2.05) is 37.3 Å². The summed E-state index contributed by atoms with van der Waals surface area (Å²) in [7, 11) is -4.20. The molecule has 0 bridgehead atoms. The second-order valence-electron chi connectivity index (χ2n) is 9.95. The molecule has 0 aromatic heterocycles. The van der Waals surface area contributed by atoms with E-state index in [1.54, 1.807) is 30.3 Å². The summed E-state index contributed by atoms with van der Waals surface area (Å²) >= 11 is 6.09. The molecule has 1 N–H and O–H groups in total. The second kappa shape index (κ2) is 14.8. The van der Waals surface area contributed by atoms with Crippen molar-refractivity contribution in [1.82, 2.24) is 10.2 Å². The van der Waals surface area contributed by atoms with E-state index in [2.05, 4.69) is 5.32 Å². The van der Waals surface area contributed by atoms with Gasteiger partial charge in [-0.1, -0.05) is 79.2 Å². The fourth-order valence-electron chi connectivity index (χ4n) is 4.56. The van der Waals surface area contributed by atoms with E-state index < -0.39 is 34.3 Å². The lowest BCUT2D eigenvalue weighted by Gasteiger charge is -2.34. The molecule has 0 saturated heterocycles. The van der Waals surface area contributed by atoms with Crippen molar-refractivity contribution in [2.24, 2.45) is 0 Å². The van der Waals surface area contributed by atoms with Crippen LogP contribution in [0.1, 0.15) is 24.5 Å². The van der Waals surface area contributed by atoms with Gasteiger partial charge in [-0.25, -0.2) is 12.8 Å². The van der Waals surface area contributed by atoms with Gasteiger partial charge in [0.1, 0.15) is 18.4 Å². The topological polar surface area (TPSA) is 86.8 Å². The maximum absolute atomic E-state index is 14.3. The number of nitrogens with zero attached hydrogens (tertiary/aromatic N) is 2. The van der Waals surface area contributed by atoms with Gasteiger partial charge >= 0.3 is 0 Å². The number of carbonyl (C=O) groups is 2. The van der Waals surface area contributed by atoms with Gasteiger partial charge in [0.05, 0.1) is 10.6 Å². The van der Waals surface area contributed by atoms with Crippen LogP contribution in [-0.4, -0.2) is 44.3 Å². The molecule has 0 aliphatic carbocycles. The largest absolute Gasteiger partial charge is 0.354 e. The van der Waals surface area contributed by atoms with Crippen molar-refractivity contribution in [2.75, 3.05) is 17.4 Å². The van der Waals surface area contributed by atoms with Crippen molar-refractivity contribution in [3.05, 3.63) is 131 Å². The molecule has 224 valence electrons. The van der Waals surface area contributed by atoms with Crippen molar-refractivity contribution >= 4 is 39.1 Å². The van der Waals surface area contributed by atoms with Crippen LogP contribution in [0.25, 0.3) is 0 Å².